The number of primary amides is 1. The molecule has 0 aromatic carbocycles. The highest BCUT2D eigenvalue weighted by Crippen LogP contribution is 2.20. The molecular formula is C7H11NO6. The van der Waals surface area contributed by atoms with Crippen molar-refractivity contribution in [2.24, 2.45) is 5.73 Å². The van der Waals surface area contributed by atoms with Gasteiger partial charge in [0.2, 0.25) is 5.60 Å². The minimum absolute atomic E-state index is 0.424. The minimum atomic E-state index is -2.40. The molecule has 0 spiro atoms. The molecule has 0 aromatic heterocycles. The number of carbonyl (C=O) groups is 2. The van der Waals surface area contributed by atoms with Gasteiger partial charge in [0.05, 0.1) is 0 Å². The molecule has 2 unspecified atom stereocenters. The van der Waals surface area contributed by atoms with Crippen molar-refractivity contribution in [1.29, 1.82) is 0 Å². The van der Waals surface area contributed by atoms with E-state index in [0.717, 1.165) is 6.08 Å². The second-order valence-corrected chi connectivity index (χ2v) is 2.58. The van der Waals surface area contributed by atoms with Crippen molar-refractivity contribution in [3.8, 4) is 0 Å². The Hall–Kier alpha value is -1.44. The molecule has 7 nitrogen and oxygen atoms in total. The Morgan fingerprint density at radius 2 is 2.14 bits per heavy atom. The number of hydrogen-bond donors (Lipinski definition) is 4. The van der Waals surface area contributed by atoms with Crippen LogP contribution in [0.1, 0.15) is 6.42 Å². The molecule has 0 saturated heterocycles. The molecule has 0 saturated carbocycles. The first-order chi connectivity index (χ1) is 6.42. The van der Waals surface area contributed by atoms with Crippen LogP contribution in [0.2, 0.25) is 0 Å². The summed E-state index contributed by atoms with van der Waals surface area (Å²) in [6.07, 6.45) is -1.60. The summed E-state index contributed by atoms with van der Waals surface area (Å²) in [6, 6.07) is 0. The van der Waals surface area contributed by atoms with Crippen LogP contribution >= 0.6 is 0 Å². The summed E-state index contributed by atoms with van der Waals surface area (Å²) in [5.41, 5.74) is 2.42. The van der Waals surface area contributed by atoms with E-state index in [0.29, 0.717) is 0 Å². The summed E-state index contributed by atoms with van der Waals surface area (Å²) in [7, 11) is 0. The molecule has 80 valence electrons. The highest BCUT2D eigenvalue weighted by molar-refractivity contribution is 5.91. The van der Waals surface area contributed by atoms with Crippen LogP contribution in [0.25, 0.3) is 0 Å². The largest absolute Gasteiger partial charge is 0.479 e. The van der Waals surface area contributed by atoms with Crippen LogP contribution in [0, 0.1) is 0 Å². The molecule has 0 aliphatic rings. The van der Waals surface area contributed by atoms with E-state index < -0.39 is 30.0 Å². The molecule has 0 aliphatic carbocycles. The predicted octanol–water partition coefficient (Wildman–Crippen LogP) is -1.28. The van der Waals surface area contributed by atoms with E-state index in [4.69, 9.17) is 21.2 Å². The average molecular weight is 205 g/mol. The Labute approximate surface area is 79.3 Å². The van der Waals surface area contributed by atoms with Gasteiger partial charge in [-0.3, -0.25) is 10.1 Å². The van der Waals surface area contributed by atoms with Gasteiger partial charge >= 0.3 is 5.97 Å². The third kappa shape index (κ3) is 2.08. The van der Waals surface area contributed by atoms with Gasteiger partial charge in [-0.2, -0.15) is 0 Å². The maximum atomic E-state index is 10.9. The van der Waals surface area contributed by atoms with Crippen molar-refractivity contribution in [1.82, 2.24) is 0 Å². The number of aliphatic carboxylic acids is 1. The van der Waals surface area contributed by atoms with Crippen molar-refractivity contribution in [2.45, 2.75) is 18.1 Å². The fraction of sp³-hybridized carbons (Fsp3) is 0.429. The van der Waals surface area contributed by atoms with Crippen molar-refractivity contribution in [3.05, 3.63) is 12.7 Å². The molecule has 0 heterocycles. The lowest BCUT2D eigenvalue weighted by Crippen LogP contribution is -2.57. The van der Waals surface area contributed by atoms with Gasteiger partial charge < -0.3 is 15.9 Å². The second-order valence-electron chi connectivity index (χ2n) is 2.58. The molecule has 7 heteroatoms. The van der Waals surface area contributed by atoms with Crippen LogP contribution in [-0.4, -0.2) is 39.1 Å². The smallest absolute Gasteiger partial charge is 0.336 e. The summed E-state index contributed by atoms with van der Waals surface area (Å²) < 4.78 is 0. The highest BCUT2D eigenvalue weighted by Gasteiger charge is 2.49. The number of carbonyl (C=O) groups excluding carboxylic acids is 1. The molecular weight excluding hydrogens is 194 g/mol. The van der Waals surface area contributed by atoms with Crippen LogP contribution in [0.3, 0.4) is 0 Å². The van der Waals surface area contributed by atoms with E-state index in [1.807, 2.05) is 0 Å². The van der Waals surface area contributed by atoms with Crippen LogP contribution in [-0.2, 0) is 14.5 Å². The van der Waals surface area contributed by atoms with E-state index in [1.54, 1.807) is 0 Å². The topological polar surface area (TPSA) is 130 Å². The lowest BCUT2D eigenvalue weighted by atomic mass is 9.92. The van der Waals surface area contributed by atoms with Gasteiger partial charge in [-0.1, -0.05) is 6.08 Å². The second kappa shape index (κ2) is 4.70. The first-order valence-corrected chi connectivity index (χ1v) is 3.56. The summed E-state index contributed by atoms with van der Waals surface area (Å²) in [6.45, 7) is 3.21. The fourth-order valence-corrected chi connectivity index (χ4v) is 0.893. The minimum Gasteiger partial charge on any atom is -0.479 e. The van der Waals surface area contributed by atoms with Gasteiger partial charge in [-0.15, -0.1) is 6.58 Å². The van der Waals surface area contributed by atoms with E-state index in [2.05, 4.69) is 11.5 Å². The molecule has 0 radical (unpaired) electrons. The monoisotopic (exact) mass is 205 g/mol. The van der Waals surface area contributed by atoms with Gasteiger partial charge in [-0.25, -0.2) is 9.68 Å². The zero-order valence-corrected chi connectivity index (χ0v) is 7.21. The third-order valence-electron chi connectivity index (χ3n) is 1.70. The number of carboxylic acid groups (broad SMARTS) is 1. The first-order valence-electron chi connectivity index (χ1n) is 3.56. The summed E-state index contributed by atoms with van der Waals surface area (Å²) in [5, 5.41) is 26.0. The van der Waals surface area contributed by atoms with Gasteiger partial charge in [0.15, 0.2) is 6.10 Å². The van der Waals surface area contributed by atoms with E-state index >= 15 is 0 Å². The molecule has 0 rings (SSSR count). The Morgan fingerprint density at radius 1 is 1.64 bits per heavy atom. The van der Waals surface area contributed by atoms with Crippen molar-refractivity contribution in [2.75, 3.05) is 0 Å². The predicted molar refractivity (Wildman–Crippen MR) is 44.1 cm³/mol. The lowest BCUT2D eigenvalue weighted by molar-refractivity contribution is -0.327. The molecule has 0 bridgehead atoms. The molecule has 1 amide bonds. The molecule has 0 aliphatic heterocycles. The highest BCUT2D eigenvalue weighted by atomic mass is 17.1. The van der Waals surface area contributed by atoms with Crippen LogP contribution < -0.4 is 5.73 Å². The summed E-state index contributed by atoms with van der Waals surface area (Å²) in [5.74, 6) is -3.03. The number of aliphatic hydroxyl groups excluding tert-OH is 1. The number of carboxylic acids is 1. The van der Waals surface area contributed by atoms with Gasteiger partial charge in [0, 0.05) is 6.42 Å². The first kappa shape index (κ1) is 12.6. The van der Waals surface area contributed by atoms with Crippen molar-refractivity contribution in [3.63, 3.8) is 0 Å². The number of aliphatic hydroxyl groups is 1. The maximum absolute atomic E-state index is 10.9. The maximum Gasteiger partial charge on any atom is 0.336 e. The van der Waals surface area contributed by atoms with Gasteiger partial charge in [0.25, 0.3) is 5.91 Å². The zero-order chi connectivity index (χ0) is 11.4. The third-order valence-corrected chi connectivity index (χ3v) is 1.70. The number of nitrogens with two attached hydrogens (primary N) is 1. The molecule has 2 atom stereocenters. The Balaban J connectivity index is 5.11. The van der Waals surface area contributed by atoms with Crippen LogP contribution in [0.15, 0.2) is 12.7 Å². The van der Waals surface area contributed by atoms with Crippen LogP contribution in [0.4, 0.5) is 0 Å². The Kier molecular flexibility index (Phi) is 4.22. The Morgan fingerprint density at radius 3 is 2.36 bits per heavy atom. The molecule has 0 aromatic rings. The normalized spacial score (nSPS) is 16.7. The fourth-order valence-electron chi connectivity index (χ4n) is 0.893. The zero-order valence-electron chi connectivity index (χ0n) is 7.21. The van der Waals surface area contributed by atoms with E-state index in [-0.39, 0.29) is 0 Å². The standard InChI is InChI=1S/C7H11NO6/c1-2-3-7(14-13,6(8)12)4(9)5(10)11/h2,4,9,13H,1,3H2,(H2,8,12)(H,10,11). The van der Waals surface area contributed by atoms with E-state index in [9.17, 15) is 9.59 Å². The Bertz CT molecular complexity index is 253. The molecule has 14 heavy (non-hydrogen) atoms. The SMILES string of the molecule is C=CCC(OO)(C(N)=O)C(O)C(=O)O. The van der Waals surface area contributed by atoms with Gasteiger partial charge in [0.1, 0.15) is 0 Å². The van der Waals surface area contributed by atoms with Gasteiger partial charge in [-0.05, 0) is 0 Å². The summed E-state index contributed by atoms with van der Waals surface area (Å²) >= 11 is 0. The number of hydrogen-bond acceptors (Lipinski definition) is 5. The summed E-state index contributed by atoms with van der Waals surface area (Å²) in [4.78, 5) is 24.9. The average Bonchev–Trinajstić information content (AvgIpc) is 2.12. The van der Waals surface area contributed by atoms with Crippen molar-refractivity contribution < 1.29 is 29.9 Å². The quantitative estimate of drug-likeness (QED) is 0.243. The van der Waals surface area contributed by atoms with Crippen LogP contribution in [0.5, 0.6) is 0 Å². The molecule has 5 N–H and O–H groups in total. The lowest BCUT2D eigenvalue weighted by Gasteiger charge is -2.27. The van der Waals surface area contributed by atoms with Crippen molar-refractivity contribution >= 4 is 11.9 Å². The number of amides is 1. The van der Waals surface area contributed by atoms with E-state index in [1.165, 1.54) is 0 Å². The molecule has 0 fully saturated rings. The number of rotatable bonds is 6.